The maximum Gasteiger partial charge on any atom is 0.322 e. The largest absolute Gasteiger partial charge is 0.481 e. The number of ether oxygens (including phenoxy) is 3. The second-order valence-electron chi connectivity index (χ2n) is 11.2. The fraction of sp³-hybridized carbons (Fsp3) is 0.353. The predicted octanol–water partition coefficient (Wildman–Crippen LogP) is 5.01. The SMILES string of the molecule is COc1nc(OC)c(CN2CC(C(c3ccccc3)c3ccccc3)N3CCN(C(=O)c4cccnc4)C[C@H]3C2)c(OC)n1.Cl.Cl.Cl. The number of fused-ring (bicyclic) bond motifs is 1. The Morgan fingerprint density at radius 2 is 1.40 bits per heavy atom. The summed E-state index contributed by atoms with van der Waals surface area (Å²) in [5.41, 5.74) is 3.90. The molecule has 1 unspecified atom stereocenters. The van der Waals surface area contributed by atoms with Gasteiger partial charge in [0, 0.05) is 69.7 Å². The molecule has 2 atom stereocenters. The molecule has 2 aromatic heterocycles. The third-order valence-corrected chi connectivity index (χ3v) is 8.63. The van der Waals surface area contributed by atoms with Gasteiger partial charge in [0.05, 0.1) is 32.5 Å². The van der Waals surface area contributed by atoms with Crippen molar-refractivity contribution in [2.24, 2.45) is 0 Å². The van der Waals surface area contributed by atoms with Crippen LogP contribution in [0.4, 0.5) is 0 Å². The zero-order chi connectivity index (χ0) is 30.5. The Kier molecular flexibility index (Phi) is 14.0. The standard InChI is InChI=1S/C34H38N6O4.3ClH/c1-42-31-28(32(43-2)37-34(36-31)44-3)22-38-20-27-21-39(33(41)26-15-10-16-35-19-26)17-18-40(27)29(23-38)30(24-11-6-4-7-12-24)25-13-8-5-9-14-25;;;/h4-16,19,27,29-30H,17-18,20-23H2,1-3H3;3*1H/t27-,29?;;;/m1.../s1. The Morgan fingerprint density at radius 1 is 0.787 bits per heavy atom. The van der Waals surface area contributed by atoms with Gasteiger partial charge in [-0.2, -0.15) is 9.97 Å². The Bertz CT molecular complexity index is 1490. The molecule has 0 spiro atoms. The highest BCUT2D eigenvalue weighted by Gasteiger charge is 2.43. The van der Waals surface area contributed by atoms with Crippen LogP contribution in [0.1, 0.15) is 33.0 Å². The van der Waals surface area contributed by atoms with E-state index in [-0.39, 0.29) is 67.1 Å². The lowest BCUT2D eigenvalue weighted by Crippen LogP contribution is -2.67. The van der Waals surface area contributed by atoms with Gasteiger partial charge in [0.25, 0.3) is 5.91 Å². The molecule has 47 heavy (non-hydrogen) atoms. The Hall–Kier alpha value is -3.67. The third-order valence-electron chi connectivity index (χ3n) is 8.63. The number of piperazine rings is 2. The van der Waals surface area contributed by atoms with Crippen LogP contribution in [0, 0.1) is 0 Å². The zero-order valence-corrected chi connectivity index (χ0v) is 29.0. The molecule has 6 rings (SSSR count). The number of benzene rings is 2. The molecule has 2 saturated heterocycles. The highest BCUT2D eigenvalue weighted by molar-refractivity contribution is 5.94. The molecule has 0 aliphatic carbocycles. The van der Waals surface area contributed by atoms with Crippen LogP contribution in [0.5, 0.6) is 17.8 Å². The predicted molar refractivity (Wildman–Crippen MR) is 188 cm³/mol. The van der Waals surface area contributed by atoms with E-state index >= 15 is 0 Å². The van der Waals surface area contributed by atoms with E-state index in [0.717, 1.165) is 25.2 Å². The van der Waals surface area contributed by atoms with Crippen LogP contribution in [0.25, 0.3) is 0 Å². The third kappa shape index (κ3) is 8.25. The quantitative estimate of drug-likeness (QED) is 0.239. The number of halogens is 3. The van der Waals surface area contributed by atoms with E-state index in [9.17, 15) is 4.79 Å². The second kappa shape index (κ2) is 17.5. The van der Waals surface area contributed by atoms with E-state index in [2.05, 4.69) is 85.4 Å². The average Bonchev–Trinajstić information content (AvgIpc) is 3.09. The topological polar surface area (TPSA) is 93.2 Å². The highest BCUT2D eigenvalue weighted by Crippen LogP contribution is 2.37. The van der Waals surface area contributed by atoms with Crippen molar-refractivity contribution in [3.05, 3.63) is 107 Å². The van der Waals surface area contributed by atoms with E-state index in [0.29, 0.717) is 37.0 Å². The average molecular weight is 704 g/mol. The number of pyridine rings is 1. The number of amides is 1. The van der Waals surface area contributed by atoms with Gasteiger partial charge in [-0.3, -0.25) is 19.6 Å². The molecule has 2 fully saturated rings. The first-order valence-electron chi connectivity index (χ1n) is 14.9. The summed E-state index contributed by atoms with van der Waals surface area (Å²) in [5.74, 6) is 0.986. The molecule has 0 radical (unpaired) electrons. The number of nitrogens with zero attached hydrogens (tertiary/aromatic N) is 6. The van der Waals surface area contributed by atoms with Gasteiger partial charge in [0.2, 0.25) is 11.8 Å². The second-order valence-corrected chi connectivity index (χ2v) is 11.2. The summed E-state index contributed by atoms with van der Waals surface area (Å²) in [6.07, 6.45) is 3.34. The molecule has 13 heteroatoms. The van der Waals surface area contributed by atoms with E-state index in [1.54, 1.807) is 26.6 Å². The fourth-order valence-corrected chi connectivity index (χ4v) is 6.66. The molecule has 0 bridgehead atoms. The zero-order valence-electron chi connectivity index (χ0n) is 26.6. The molecular weight excluding hydrogens is 663 g/mol. The number of methoxy groups -OCH3 is 3. The molecule has 1 amide bonds. The summed E-state index contributed by atoms with van der Waals surface area (Å²) in [5, 5.41) is 0. The van der Waals surface area contributed by atoms with Crippen LogP contribution in [-0.2, 0) is 6.54 Å². The van der Waals surface area contributed by atoms with E-state index < -0.39 is 0 Å². The maximum atomic E-state index is 13.5. The maximum absolute atomic E-state index is 13.5. The number of carbonyl (C=O) groups excluding carboxylic acids is 1. The monoisotopic (exact) mass is 702 g/mol. The van der Waals surface area contributed by atoms with Gasteiger partial charge in [0.15, 0.2) is 0 Å². The first kappa shape index (κ1) is 37.8. The van der Waals surface area contributed by atoms with Crippen molar-refractivity contribution < 1.29 is 19.0 Å². The Morgan fingerprint density at radius 3 is 1.94 bits per heavy atom. The molecule has 252 valence electrons. The van der Waals surface area contributed by atoms with Gasteiger partial charge in [-0.15, -0.1) is 37.2 Å². The van der Waals surface area contributed by atoms with E-state index in [1.807, 2.05) is 17.0 Å². The summed E-state index contributed by atoms with van der Waals surface area (Å²) in [7, 11) is 4.71. The van der Waals surface area contributed by atoms with Gasteiger partial charge in [-0.1, -0.05) is 60.7 Å². The van der Waals surface area contributed by atoms with Gasteiger partial charge in [-0.05, 0) is 23.3 Å². The molecule has 0 saturated carbocycles. The van der Waals surface area contributed by atoms with Gasteiger partial charge >= 0.3 is 6.01 Å². The minimum Gasteiger partial charge on any atom is -0.481 e. The molecule has 10 nitrogen and oxygen atoms in total. The molecule has 2 aliphatic heterocycles. The van der Waals surface area contributed by atoms with Crippen LogP contribution in [0.15, 0.2) is 85.2 Å². The summed E-state index contributed by atoms with van der Waals surface area (Å²) >= 11 is 0. The van der Waals surface area contributed by atoms with Crippen molar-refractivity contribution in [3.8, 4) is 17.8 Å². The number of rotatable bonds is 9. The van der Waals surface area contributed by atoms with Crippen molar-refractivity contribution in [1.29, 1.82) is 0 Å². The number of hydrogen-bond donors (Lipinski definition) is 0. The lowest BCUT2D eigenvalue weighted by Gasteiger charge is -2.53. The number of carbonyl (C=O) groups is 1. The molecular formula is C34H41Cl3N6O4. The van der Waals surface area contributed by atoms with Gasteiger partial charge in [0.1, 0.15) is 0 Å². The Balaban J connectivity index is 0.00000200. The number of aromatic nitrogens is 3. The Labute approximate surface area is 294 Å². The minimum absolute atomic E-state index is 0. The van der Waals surface area contributed by atoms with Crippen molar-refractivity contribution >= 4 is 43.1 Å². The molecule has 2 aliphatic rings. The van der Waals surface area contributed by atoms with E-state index in [4.69, 9.17) is 14.2 Å². The van der Waals surface area contributed by atoms with Crippen LogP contribution in [0.2, 0.25) is 0 Å². The van der Waals surface area contributed by atoms with Crippen LogP contribution >= 0.6 is 37.2 Å². The molecule has 0 N–H and O–H groups in total. The van der Waals surface area contributed by atoms with Crippen LogP contribution in [-0.4, -0.2) is 102 Å². The minimum atomic E-state index is 0. The van der Waals surface area contributed by atoms with Crippen molar-refractivity contribution in [2.45, 2.75) is 24.5 Å². The normalized spacial score (nSPS) is 17.7. The van der Waals surface area contributed by atoms with Crippen molar-refractivity contribution in [2.75, 3.05) is 54.1 Å². The van der Waals surface area contributed by atoms with Crippen molar-refractivity contribution in [1.82, 2.24) is 29.7 Å². The van der Waals surface area contributed by atoms with E-state index in [1.165, 1.54) is 18.2 Å². The van der Waals surface area contributed by atoms with Crippen LogP contribution < -0.4 is 14.2 Å². The highest BCUT2D eigenvalue weighted by atomic mass is 35.5. The van der Waals surface area contributed by atoms with Gasteiger partial charge in [-0.25, -0.2) is 0 Å². The first-order chi connectivity index (χ1) is 21.6. The molecule has 4 heterocycles. The summed E-state index contributed by atoms with van der Waals surface area (Å²) in [6, 6.07) is 25.5. The summed E-state index contributed by atoms with van der Waals surface area (Å²) < 4.78 is 16.7. The van der Waals surface area contributed by atoms with Crippen LogP contribution in [0.3, 0.4) is 0 Å². The van der Waals surface area contributed by atoms with Gasteiger partial charge < -0.3 is 19.1 Å². The lowest BCUT2D eigenvalue weighted by molar-refractivity contribution is -0.0292. The number of hydrogen-bond acceptors (Lipinski definition) is 9. The van der Waals surface area contributed by atoms with Crippen molar-refractivity contribution in [3.63, 3.8) is 0 Å². The lowest BCUT2D eigenvalue weighted by atomic mass is 9.81. The summed E-state index contributed by atoms with van der Waals surface area (Å²) in [6.45, 7) is 4.12. The first-order valence-corrected chi connectivity index (χ1v) is 14.9. The molecule has 4 aromatic rings. The molecule has 2 aromatic carbocycles. The summed E-state index contributed by atoms with van der Waals surface area (Å²) in [4.78, 5) is 33.6. The fourth-order valence-electron chi connectivity index (χ4n) is 6.66. The smallest absolute Gasteiger partial charge is 0.322 e.